The first-order valence-electron chi connectivity index (χ1n) is 9.85. The molecule has 2 aliphatic carbocycles. The number of alkyl halides is 3. The average molecular weight is 425 g/mol. The molecule has 1 aromatic rings. The fraction of sp³-hybridized carbons (Fsp3) is 0.571. The van der Waals surface area contributed by atoms with Crippen LogP contribution < -0.4 is 5.11 Å². The summed E-state index contributed by atoms with van der Waals surface area (Å²) >= 11 is 0. The van der Waals surface area contributed by atoms with Crippen LogP contribution in [-0.2, 0) is 19.1 Å². The number of hydrogen-bond acceptors (Lipinski definition) is 5. The molecule has 5 rings (SSSR count). The highest BCUT2D eigenvalue weighted by molar-refractivity contribution is 6.06. The van der Waals surface area contributed by atoms with E-state index in [0.29, 0.717) is 5.92 Å². The van der Waals surface area contributed by atoms with Crippen molar-refractivity contribution < 1.29 is 41.9 Å². The van der Waals surface area contributed by atoms with Gasteiger partial charge in [0, 0.05) is 19.4 Å². The van der Waals surface area contributed by atoms with E-state index in [4.69, 9.17) is 19.4 Å². The highest BCUT2D eigenvalue weighted by atomic mass is 19.4. The van der Waals surface area contributed by atoms with Crippen molar-refractivity contribution in [1.82, 2.24) is 0 Å². The van der Waals surface area contributed by atoms with Gasteiger partial charge in [0.2, 0.25) is 11.8 Å². The molecule has 2 heterocycles. The molecule has 6 atom stereocenters. The molecular weight excluding hydrogens is 403 g/mol. The Bertz CT molecular complexity index is 900. The number of fused-ring (bicyclic) bond motifs is 4. The zero-order valence-electron chi connectivity index (χ0n) is 16.5. The third-order valence-electron chi connectivity index (χ3n) is 6.77. The van der Waals surface area contributed by atoms with E-state index in [9.17, 15) is 18.0 Å². The summed E-state index contributed by atoms with van der Waals surface area (Å²) in [5, 5.41) is 8.78. The smallest absolute Gasteiger partial charge is 0.430 e. The fourth-order valence-electron chi connectivity index (χ4n) is 5.65. The lowest BCUT2D eigenvalue weighted by atomic mass is 9.71. The molecule has 1 aromatic carbocycles. The van der Waals surface area contributed by atoms with Crippen LogP contribution in [0.1, 0.15) is 24.8 Å². The van der Waals surface area contributed by atoms with Gasteiger partial charge in [-0.2, -0.15) is 17.7 Å². The lowest BCUT2D eigenvalue weighted by Crippen LogP contribution is -2.58. The molecule has 4 aliphatic rings. The number of nitrogens with zero attached hydrogens (tertiary/aromatic N) is 1. The average Bonchev–Trinajstić information content (AvgIpc) is 3.44. The van der Waals surface area contributed by atoms with Gasteiger partial charge in [-0.3, -0.25) is 4.79 Å². The summed E-state index contributed by atoms with van der Waals surface area (Å²) in [6.45, 7) is 3.97. The van der Waals surface area contributed by atoms with Gasteiger partial charge in [-0.05, 0) is 11.5 Å². The number of ether oxygens (including phenoxy) is 2. The molecule has 0 N–H and O–H groups in total. The van der Waals surface area contributed by atoms with Gasteiger partial charge in [-0.15, -0.1) is 0 Å². The number of carboxylic acid groups (broad SMARTS) is 1. The predicted molar refractivity (Wildman–Crippen MR) is 95.6 cm³/mol. The maximum Gasteiger partial charge on any atom is 0.430 e. The number of rotatable bonds is 2. The van der Waals surface area contributed by atoms with Crippen molar-refractivity contribution in [3.63, 3.8) is 0 Å². The van der Waals surface area contributed by atoms with Crippen LogP contribution in [0.15, 0.2) is 30.3 Å². The second-order valence-electron chi connectivity index (χ2n) is 8.12. The third-order valence-corrected chi connectivity index (χ3v) is 6.77. The molecule has 0 radical (unpaired) electrons. The largest absolute Gasteiger partial charge is 0.542 e. The first kappa shape index (κ1) is 20.8. The zero-order valence-corrected chi connectivity index (χ0v) is 16.5. The van der Waals surface area contributed by atoms with Crippen LogP contribution in [0.2, 0.25) is 0 Å². The Hall–Kier alpha value is -2.42. The number of benzene rings is 1. The molecule has 0 unspecified atom stereocenters. The summed E-state index contributed by atoms with van der Waals surface area (Å²) in [5.74, 6) is -0.700. The van der Waals surface area contributed by atoms with Crippen molar-refractivity contribution in [1.29, 1.82) is 0 Å². The molecule has 0 amide bonds. The molecule has 162 valence electrons. The summed E-state index contributed by atoms with van der Waals surface area (Å²) in [6, 6.07) is 10.4. The first-order valence-corrected chi connectivity index (χ1v) is 9.85. The normalized spacial score (nSPS) is 36.2. The number of aliphatic carboxylic acids is 1. The van der Waals surface area contributed by atoms with E-state index in [1.54, 1.807) is 7.11 Å². The number of carbonyl (C=O) groups is 2. The first-order chi connectivity index (χ1) is 14.2. The van der Waals surface area contributed by atoms with Gasteiger partial charge in [0.15, 0.2) is 5.60 Å². The summed E-state index contributed by atoms with van der Waals surface area (Å²) in [6.07, 6.45) is -4.21. The molecule has 0 aromatic heterocycles. The molecule has 9 heteroatoms. The molecule has 2 aliphatic heterocycles. The number of carboxylic acids is 1. The second kappa shape index (κ2) is 7.08. The maximum absolute atomic E-state index is 13.3. The summed E-state index contributed by atoms with van der Waals surface area (Å²) < 4.78 is 45.7. The monoisotopic (exact) mass is 425 g/mol. The number of halogens is 3. The number of carbonyl (C=O) groups excluding carboxylic acids is 2. The molecule has 30 heavy (non-hydrogen) atoms. The highest BCUT2D eigenvalue weighted by Crippen LogP contribution is 2.67. The van der Waals surface area contributed by atoms with Gasteiger partial charge in [-0.1, -0.05) is 37.3 Å². The molecule has 6 nitrogen and oxygen atoms in total. The lowest BCUT2D eigenvalue weighted by molar-refractivity contribution is -0.577. The van der Waals surface area contributed by atoms with Gasteiger partial charge in [-0.25, -0.2) is 0 Å². The molecular formula is C21H22F3NO5. The Morgan fingerprint density at radius 2 is 1.93 bits per heavy atom. The predicted octanol–water partition coefficient (Wildman–Crippen LogP) is 1.13. The molecule has 2 fully saturated rings. The minimum Gasteiger partial charge on any atom is -0.542 e. The Labute approximate surface area is 171 Å². The Kier molecular flexibility index (Phi) is 4.91. The summed E-state index contributed by atoms with van der Waals surface area (Å²) in [5.41, 5.74) is 0.652. The van der Waals surface area contributed by atoms with Gasteiger partial charge >= 0.3 is 12.1 Å². The Balaban J connectivity index is 0.000000272. The van der Waals surface area contributed by atoms with Gasteiger partial charge in [0.25, 0.3) is 0 Å². The third kappa shape index (κ3) is 2.85. The van der Waals surface area contributed by atoms with E-state index < -0.39 is 17.7 Å². The fourth-order valence-corrected chi connectivity index (χ4v) is 5.65. The van der Waals surface area contributed by atoms with E-state index in [1.165, 1.54) is 5.56 Å². The van der Waals surface area contributed by atoms with Crippen LogP contribution >= 0.6 is 0 Å². The summed E-state index contributed by atoms with van der Waals surface area (Å²) in [4.78, 5) is 22.1. The van der Waals surface area contributed by atoms with Crippen LogP contribution in [-0.4, -0.2) is 60.3 Å². The number of Topliss-reactive ketones (excluding diaryl/α,β-unsaturated/α-hetero) is 1. The van der Waals surface area contributed by atoms with Crippen molar-refractivity contribution in [2.75, 3.05) is 20.3 Å². The van der Waals surface area contributed by atoms with Crippen molar-refractivity contribution in [3.05, 3.63) is 35.9 Å². The molecule has 2 saturated carbocycles. The Morgan fingerprint density at radius 3 is 2.50 bits per heavy atom. The van der Waals surface area contributed by atoms with Crippen LogP contribution in [0.3, 0.4) is 0 Å². The quantitative estimate of drug-likeness (QED) is 0.664. The summed E-state index contributed by atoms with van der Waals surface area (Å²) in [7, 11) is 1.69. The van der Waals surface area contributed by atoms with Gasteiger partial charge in [0.1, 0.15) is 18.4 Å². The minimum atomic E-state index is -5.19. The highest BCUT2D eigenvalue weighted by Gasteiger charge is 2.86. The standard InChI is InChI=1S/C19H22NO3.C2HF3O2/c1-11-13(12-7-4-3-5-8-12)16-17(21)19(22-2)14(11)15(19)18-20(16)9-6-10-23-18;3-2(4,5)1(6)7/h3-5,7-8,11,13-16H,6,9-10H2,1-2H3;(H,6,7)/q+1;/p-1/t11-,13+,14-,15+,16+,19+;/m0./s1. The zero-order chi connectivity index (χ0) is 21.8. The van der Waals surface area contributed by atoms with E-state index in [1.807, 2.05) is 6.07 Å². The van der Waals surface area contributed by atoms with Crippen LogP contribution in [0, 0.1) is 17.8 Å². The number of methoxy groups -OCH3 is 1. The number of hydrogen-bond donors (Lipinski definition) is 0. The van der Waals surface area contributed by atoms with E-state index in [2.05, 4.69) is 35.8 Å². The molecule has 0 spiro atoms. The van der Waals surface area contributed by atoms with Crippen molar-refractivity contribution in [3.8, 4) is 0 Å². The van der Waals surface area contributed by atoms with Crippen molar-refractivity contribution >= 4 is 17.7 Å². The van der Waals surface area contributed by atoms with Crippen LogP contribution in [0.5, 0.6) is 0 Å². The van der Waals surface area contributed by atoms with Crippen LogP contribution in [0.25, 0.3) is 0 Å². The maximum atomic E-state index is 13.3. The Morgan fingerprint density at radius 1 is 1.30 bits per heavy atom. The number of ketones is 1. The van der Waals surface area contributed by atoms with Crippen molar-refractivity contribution in [2.24, 2.45) is 17.8 Å². The second-order valence-corrected chi connectivity index (χ2v) is 8.12. The van der Waals surface area contributed by atoms with E-state index in [0.717, 1.165) is 25.5 Å². The van der Waals surface area contributed by atoms with Crippen LogP contribution in [0.4, 0.5) is 13.2 Å². The lowest BCUT2D eigenvalue weighted by Gasteiger charge is -2.38. The van der Waals surface area contributed by atoms with E-state index >= 15 is 0 Å². The minimum absolute atomic E-state index is 0.125. The van der Waals surface area contributed by atoms with E-state index in [-0.39, 0.29) is 29.6 Å². The van der Waals surface area contributed by atoms with Gasteiger partial charge in [0.05, 0.1) is 12.5 Å². The SMILES string of the molecule is CO[C@]12C(=O)[C@H]3[C@@H](c4ccccc4)[C@H](C)[C@H]1[C@@H]2C1=[N+]3CCCO1.O=C([O-])C(F)(F)F. The topological polar surface area (TPSA) is 78.7 Å². The molecule has 0 saturated heterocycles. The van der Waals surface area contributed by atoms with Gasteiger partial charge < -0.3 is 19.4 Å². The molecule has 2 bridgehead atoms. The van der Waals surface area contributed by atoms with Crippen molar-refractivity contribution in [2.45, 2.75) is 37.1 Å².